The molecule has 1 aliphatic rings. The number of halogens is 2. The maximum Gasteiger partial charge on any atom is 0.336 e. The Morgan fingerprint density at radius 3 is 2.53 bits per heavy atom. The first kappa shape index (κ1) is 12.6. The van der Waals surface area contributed by atoms with E-state index in [1.165, 1.54) is 0 Å². The summed E-state index contributed by atoms with van der Waals surface area (Å²) in [6.45, 7) is 0. The summed E-state index contributed by atoms with van der Waals surface area (Å²) in [5.41, 5.74) is 1.65. The molecule has 1 aromatic carbocycles. The standard InChI is InChI=1S/C13H9Cl2OP/c14-11-5-3-6-12(15)10(11)8-9-4-1-2-7-13(9)17-16/h1-8,13H/p+1. The minimum Gasteiger partial charge on any atom is -0.0836 e. The van der Waals surface area contributed by atoms with Gasteiger partial charge in [-0.1, -0.05) is 52.1 Å². The highest BCUT2D eigenvalue weighted by molar-refractivity contribution is 7.25. The van der Waals surface area contributed by atoms with E-state index in [-0.39, 0.29) is 5.66 Å². The van der Waals surface area contributed by atoms with Crippen molar-refractivity contribution in [2.24, 2.45) is 0 Å². The van der Waals surface area contributed by atoms with E-state index in [1.54, 1.807) is 18.2 Å². The van der Waals surface area contributed by atoms with E-state index in [1.807, 2.05) is 30.4 Å². The van der Waals surface area contributed by atoms with Crippen LogP contribution in [0.15, 0.2) is 48.1 Å². The third-order valence-corrected chi connectivity index (χ3v) is 3.94. The molecular formula is C13H10Cl2OP+. The fourth-order valence-corrected chi connectivity index (χ4v) is 2.63. The highest BCUT2D eigenvalue weighted by Crippen LogP contribution is 2.31. The van der Waals surface area contributed by atoms with Gasteiger partial charge in [-0.05, 0) is 24.3 Å². The van der Waals surface area contributed by atoms with E-state index in [2.05, 4.69) is 0 Å². The van der Waals surface area contributed by atoms with Crippen LogP contribution >= 0.6 is 31.7 Å². The van der Waals surface area contributed by atoms with E-state index >= 15 is 0 Å². The van der Waals surface area contributed by atoms with Gasteiger partial charge in [0, 0.05) is 21.2 Å². The Balaban J connectivity index is 2.45. The summed E-state index contributed by atoms with van der Waals surface area (Å²) in [5.74, 6) is 0. The lowest BCUT2D eigenvalue weighted by Crippen LogP contribution is -1.99. The SMILES string of the molecule is O=[PH+]C1C=CC=CC1=Cc1c(Cl)cccc1Cl. The first-order valence-electron chi connectivity index (χ1n) is 5.10. The molecule has 4 heteroatoms. The van der Waals surface area contributed by atoms with Crippen LogP contribution in [0.4, 0.5) is 0 Å². The zero-order valence-electron chi connectivity index (χ0n) is 8.86. The maximum absolute atomic E-state index is 11.1. The summed E-state index contributed by atoms with van der Waals surface area (Å²) in [4.78, 5) is 0. The number of rotatable bonds is 2. The van der Waals surface area contributed by atoms with Crippen LogP contribution in [0.5, 0.6) is 0 Å². The Hall–Kier alpha value is -0.880. The molecule has 1 aliphatic carbocycles. The minimum atomic E-state index is -0.410. The summed E-state index contributed by atoms with van der Waals surface area (Å²) < 4.78 is 11.1. The highest BCUT2D eigenvalue weighted by Gasteiger charge is 2.18. The minimum absolute atomic E-state index is 0.0765. The van der Waals surface area contributed by atoms with Crippen LogP contribution in [0.3, 0.4) is 0 Å². The van der Waals surface area contributed by atoms with Crippen molar-refractivity contribution in [3.8, 4) is 0 Å². The molecule has 0 heterocycles. The fourth-order valence-electron chi connectivity index (χ4n) is 1.62. The molecule has 0 saturated carbocycles. The van der Waals surface area contributed by atoms with Gasteiger partial charge >= 0.3 is 8.46 Å². The Kier molecular flexibility index (Phi) is 4.17. The smallest absolute Gasteiger partial charge is 0.0836 e. The molecule has 86 valence electrons. The van der Waals surface area contributed by atoms with E-state index in [4.69, 9.17) is 23.2 Å². The molecule has 2 atom stereocenters. The summed E-state index contributed by atoms with van der Waals surface area (Å²) in [6, 6.07) is 5.38. The van der Waals surface area contributed by atoms with Gasteiger partial charge in [0.15, 0.2) is 5.66 Å². The average Bonchev–Trinajstić information content (AvgIpc) is 2.34. The molecule has 0 N–H and O–H groups in total. The summed E-state index contributed by atoms with van der Waals surface area (Å²) >= 11 is 12.2. The molecule has 0 aliphatic heterocycles. The highest BCUT2D eigenvalue weighted by atomic mass is 35.5. The molecule has 0 radical (unpaired) electrons. The van der Waals surface area contributed by atoms with Gasteiger partial charge < -0.3 is 0 Å². The molecule has 0 amide bonds. The van der Waals surface area contributed by atoms with Crippen molar-refractivity contribution >= 4 is 37.7 Å². The molecular weight excluding hydrogens is 274 g/mol. The predicted octanol–water partition coefficient (Wildman–Crippen LogP) is 4.90. The molecule has 0 aromatic heterocycles. The van der Waals surface area contributed by atoms with E-state index < -0.39 is 8.46 Å². The summed E-state index contributed by atoms with van der Waals surface area (Å²) in [6.07, 6.45) is 9.52. The van der Waals surface area contributed by atoms with Crippen molar-refractivity contribution in [2.75, 3.05) is 0 Å². The Morgan fingerprint density at radius 2 is 1.88 bits per heavy atom. The zero-order chi connectivity index (χ0) is 12.3. The molecule has 0 spiro atoms. The van der Waals surface area contributed by atoms with Crippen LogP contribution in [0.2, 0.25) is 10.0 Å². The molecule has 2 rings (SSSR count). The Morgan fingerprint density at radius 1 is 1.18 bits per heavy atom. The van der Waals surface area contributed by atoms with Crippen LogP contribution in [0, 0.1) is 0 Å². The second-order valence-electron chi connectivity index (χ2n) is 3.62. The normalized spacial score (nSPS) is 21.3. The maximum atomic E-state index is 11.1. The van der Waals surface area contributed by atoms with Crippen LogP contribution in [-0.2, 0) is 4.57 Å². The number of hydrogen-bond donors (Lipinski definition) is 0. The topological polar surface area (TPSA) is 17.1 Å². The van der Waals surface area contributed by atoms with Crippen molar-refractivity contribution in [3.63, 3.8) is 0 Å². The van der Waals surface area contributed by atoms with Gasteiger partial charge in [-0.3, -0.25) is 0 Å². The quantitative estimate of drug-likeness (QED) is 0.706. The van der Waals surface area contributed by atoms with Gasteiger partial charge in [-0.15, -0.1) is 0 Å². The Bertz CT molecular complexity index is 512. The lowest BCUT2D eigenvalue weighted by Gasteiger charge is -2.07. The van der Waals surface area contributed by atoms with Crippen molar-refractivity contribution < 1.29 is 4.57 Å². The van der Waals surface area contributed by atoms with Crippen molar-refractivity contribution in [3.05, 3.63) is 63.7 Å². The molecule has 1 nitrogen and oxygen atoms in total. The molecule has 17 heavy (non-hydrogen) atoms. The summed E-state index contributed by atoms with van der Waals surface area (Å²) in [5, 5.41) is 1.20. The Labute approximate surface area is 112 Å². The van der Waals surface area contributed by atoms with E-state index in [0.717, 1.165) is 11.1 Å². The zero-order valence-corrected chi connectivity index (χ0v) is 11.4. The van der Waals surface area contributed by atoms with Crippen molar-refractivity contribution in [2.45, 2.75) is 5.66 Å². The van der Waals surface area contributed by atoms with Crippen molar-refractivity contribution in [1.29, 1.82) is 0 Å². The lowest BCUT2D eigenvalue weighted by molar-refractivity contribution is 0.597. The van der Waals surface area contributed by atoms with Crippen LogP contribution in [-0.4, -0.2) is 5.66 Å². The van der Waals surface area contributed by atoms with Gasteiger partial charge in [0.05, 0.1) is 0 Å². The number of benzene rings is 1. The van der Waals surface area contributed by atoms with E-state index in [9.17, 15) is 4.57 Å². The van der Waals surface area contributed by atoms with Crippen LogP contribution in [0.1, 0.15) is 5.56 Å². The molecule has 0 saturated heterocycles. The second kappa shape index (κ2) is 5.64. The summed E-state index contributed by atoms with van der Waals surface area (Å²) in [7, 11) is -0.410. The monoisotopic (exact) mass is 283 g/mol. The molecule has 0 bridgehead atoms. The molecule has 2 unspecified atom stereocenters. The average molecular weight is 284 g/mol. The van der Waals surface area contributed by atoms with Gasteiger partial charge in [-0.2, -0.15) is 0 Å². The number of hydrogen-bond acceptors (Lipinski definition) is 1. The number of allylic oxidation sites excluding steroid dienone is 5. The second-order valence-corrected chi connectivity index (χ2v) is 5.29. The molecule has 1 aromatic rings. The van der Waals surface area contributed by atoms with Crippen LogP contribution in [0.25, 0.3) is 6.08 Å². The van der Waals surface area contributed by atoms with E-state index in [0.29, 0.717) is 10.0 Å². The first-order valence-corrected chi connectivity index (χ1v) is 6.84. The van der Waals surface area contributed by atoms with Gasteiger partial charge in [0.1, 0.15) is 0 Å². The third-order valence-electron chi connectivity index (χ3n) is 2.50. The first-order chi connectivity index (χ1) is 8.22. The molecule has 0 fully saturated rings. The van der Waals surface area contributed by atoms with Crippen LogP contribution < -0.4 is 0 Å². The predicted molar refractivity (Wildman–Crippen MR) is 75.5 cm³/mol. The lowest BCUT2D eigenvalue weighted by atomic mass is 10.0. The fraction of sp³-hybridized carbons (Fsp3) is 0.0769. The van der Waals surface area contributed by atoms with Gasteiger partial charge in [0.2, 0.25) is 0 Å². The third kappa shape index (κ3) is 2.87. The largest absolute Gasteiger partial charge is 0.336 e. The van der Waals surface area contributed by atoms with Crippen molar-refractivity contribution in [1.82, 2.24) is 0 Å². The van der Waals surface area contributed by atoms with Gasteiger partial charge in [0.25, 0.3) is 0 Å². The van der Waals surface area contributed by atoms with Gasteiger partial charge in [-0.25, -0.2) is 0 Å².